The molecule has 0 spiro atoms. The van der Waals surface area contributed by atoms with Crippen LogP contribution in [-0.2, 0) is 0 Å². The molecule has 2 nitrogen and oxygen atoms in total. The number of carbonyl (C=O) groups excluding carboxylic acids is 1. The summed E-state index contributed by atoms with van der Waals surface area (Å²) in [5.74, 6) is 0.0931. The lowest BCUT2D eigenvalue weighted by Gasteiger charge is -2.01. The monoisotopic (exact) mass is 230 g/mol. The van der Waals surface area contributed by atoms with Gasteiger partial charge in [-0.15, -0.1) is 12.6 Å². The van der Waals surface area contributed by atoms with E-state index in [2.05, 4.69) is 12.6 Å². The molecule has 0 fully saturated rings. The van der Waals surface area contributed by atoms with Gasteiger partial charge >= 0.3 is 0 Å². The van der Waals surface area contributed by atoms with E-state index in [1.54, 1.807) is 36.4 Å². The van der Waals surface area contributed by atoms with Gasteiger partial charge in [0.2, 0.25) is 0 Å². The quantitative estimate of drug-likeness (QED) is 0.615. The van der Waals surface area contributed by atoms with Crippen LogP contribution in [0, 0.1) is 0 Å². The zero-order valence-corrected chi connectivity index (χ0v) is 9.32. The molecule has 2 aromatic rings. The summed E-state index contributed by atoms with van der Waals surface area (Å²) in [7, 11) is 0. The van der Waals surface area contributed by atoms with E-state index in [0.717, 1.165) is 4.90 Å². The lowest BCUT2D eigenvalue weighted by atomic mass is 10.0. The Morgan fingerprint density at radius 2 is 1.31 bits per heavy atom. The predicted octanol–water partition coefficient (Wildman–Crippen LogP) is 2.91. The van der Waals surface area contributed by atoms with Crippen molar-refractivity contribution in [2.75, 3.05) is 0 Å². The molecule has 0 radical (unpaired) electrons. The third-order valence-electron chi connectivity index (χ3n) is 2.26. The van der Waals surface area contributed by atoms with Crippen molar-refractivity contribution in [1.82, 2.24) is 0 Å². The molecule has 3 heteroatoms. The molecule has 0 atom stereocenters. The Bertz CT molecular complexity index is 453. The highest BCUT2D eigenvalue weighted by atomic mass is 32.1. The summed E-state index contributed by atoms with van der Waals surface area (Å²) in [4.78, 5) is 12.8. The maximum atomic E-state index is 12.0. The smallest absolute Gasteiger partial charge is 0.193 e. The number of phenolic OH excluding ortho intramolecular Hbond substituents is 1. The molecule has 0 aliphatic heterocycles. The van der Waals surface area contributed by atoms with Crippen LogP contribution in [0.1, 0.15) is 15.9 Å². The molecule has 0 saturated carbocycles. The number of hydrogen-bond donors (Lipinski definition) is 2. The molecule has 2 aromatic carbocycles. The van der Waals surface area contributed by atoms with Crippen molar-refractivity contribution in [3.63, 3.8) is 0 Å². The van der Waals surface area contributed by atoms with Crippen LogP contribution in [0.5, 0.6) is 5.75 Å². The number of thiol groups is 1. The molecule has 2 rings (SSSR count). The van der Waals surface area contributed by atoms with Gasteiger partial charge < -0.3 is 5.11 Å². The Labute approximate surface area is 99.0 Å². The van der Waals surface area contributed by atoms with Crippen LogP contribution in [-0.4, -0.2) is 10.9 Å². The summed E-state index contributed by atoms with van der Waals surface area (Å²) in [6, 6.07) is 13.2. The Morgan fingerprint density at radius 3 is 1.81 bits per heavy atom. The van der Waals surface area contributed by atoms with Crippen molar-refractivity contribution in [1.29, 1.82) is 0 Å². The Balaban J connectivity index is 2.32. The zero-order chi connectivity index (χ0) is 11.5. The summed E-state index contributed by atoms with van der Waals surface area (Å²) in [5.41, 5.74) is 1.17. The van der Waals surface area contributed by atoms with Crippen molar-refractivity contribution in [2.45, 2.75) is 4.90 Å². The number of phenols is 1. The first-order valence-corrected chi connectivity index (χ1v) is 5.24. The summed E-state index contributed by atoms with van der Waals surface area (Å²) >= 11 is 4.16. The van der Waals surface area contributed by atoms with E-state index in [4.69, 9.17) is 5.11 Å². The second-order valence-electron chi connectivity index (χ2n) is 3.42. The highest BCUT2D eigenvalue weighted by Crippen LogP contribution is 2.15. The molecule has 0 heterocycles. The van der Waals surface area contributed by atoms with Crippen LogP contribution < -0.4 is 0 Å². The van der Waals surface area contributed by atoms with Gasteiger partial charge in [-0.1, -0.05) is 0 Å². The normalized spacial score (nSPS) is 10.1. The molecular formula is C13H10O2S. The molecule has 0 bridgehead atoms. The minimum atomic E-state index is -0.0617. The lowest BCUT2D eigenvalue weighted by Crippen LogP contribution is -2.00. The second-order valence-corrected chi connectivity index (χ2v) is 3.94. The second kappa shape index (κ2) is 4.41. The molecule has 0 aromatic heterocycles. The molecular weight excluding hydrogens is 220 g/mol. The number of carbonyl (C=O) groups is 1. The predicted molar refractivity (Wildman–Crippen MR) is 65.2 cm³/mol. The minimum Gasteiger partial charge on any atom is -0.508 e. The van der Waals surface area contributed by atoms with E-state index in [1.807, 2.05) is 0 Å². The lowest BCUT2D eigenvalue weighted by molar-refractivity contribution is 0.103. The van der Waals surface area contributed by atoms with E-state index < -0.39 is 0 Å². The molecule has 80 valence electrons. The van der Waals surface area contributed by atoms with Gasteiger partial charge in [-0.2, -0.15) is 0 Å². The molecule has 0 unspecified atom stereocenters. The number of aromatic hydroxyl groups is 1. The van der Waals surface area contributed by atoms with E-state index in [-0.39, 0.29) is 11.5 Å². The van der Waals surface area contributed by atoms with Crippen molar-refractivity contribution < 1.29 is 9.90 Å². The molecule has 0 saturated heterocycles. The van der Waals surface area contributed by atoms with Crippen molar-refractivity contribution in [3.8, 4) is 5.75 Å². The van der Waals surface area contributed by atoms with Crippen molar-refractivity contribution in [2.24, 2.45) is 0 Å². The van der Waals surface area contributed by atoms with Crippen LogP contribution in [0.15, 0.2) is 53.4 Å². The van der Waals surface area contributed by atoms with Crippen LogP contribution in [0.2, 0.25) is 0 Å². The largest absolute Gasteiger partial charge is 0.508 e. The maximum absolute atomic E-state index is 12.0. The van der Waals surface area contributed by atoms with E-state index >= 15 is 0 Å². The fourth-order valence-corrected chi connectivity index (χ4v) is 1.54. The van der Waals surface area contributed by atoms with Gasteiger partial charge in [0.05, 0.1) is 0 Å². The summed E-state index contributed by atoms with van der Waals surface area (Å²) in [5, 5.41) is 9.12. The third kappa shape index (κ3) is 2.25. The number of ketones is 1. The minimum absolute atomic E-state index is 0.0617. The van der Waals surface area contributed by atoms with E-state index in [1.165, 1.54) is 12.1 Å². The van der Waals surface area contributed by atoms with Gasteiger partial charge in [-0.05, 0) is 48.5 Å². The van der Waals surface area contributed by atoms with Gasteiger partial charge in [-0.3, -0.25) is 4.79 Å². The summed E-state index contributed by atoms with van der Waals surface area (Å²) < 4.78 is 0. The van der Waals surface area contributed by atoms with Crippen molar-refractivity contribution >= 4 is 18.4 Å². The molecule has 0 aliphatic rings. The summed E-state index contributed by atoms with van der Waals surface area (Å²) in [6.07, 6.45) is 0. The molecule has 0 amide bonds. The first-order chi connectivity index (χ1) is 7.66. The number of benzene rings is 2. The van der Waals surface area contributed by atoms with Crippen LogP contribution in [0.25, 0.3) is 0 Å². The maximum Gasteiger partial charge on any atom is 0.193 e. The fourth-order valence-electron chi connectivity index (χ4n) is 1.39. The van der Waals surface area contributed by atoms with Gasteiger partial charge in [0.15, 0.2) is 5.78 Å². The highest BCUT2D eigenvalue weighted by molar-refractivity contribution is 7.80. The molecule has 16 heavy (non-hydrogen) atoms. The topological polar surface area (TPSA) is 37.3 Å². The van der Waals surface area contributed by atoms with Gasteiger partial charge in [0, 0.05) is 16.0 Å². The number of rotatable bonds is 2. The molecule has 1 N–H and O–H groups in total. The first kappa shape index (κ1) is 10.8. The van der Waals surface area contributed by atoms with Crippen LogP contribution >= 0.6 is 12.6 Å². The zero-order valence-electron chi connectivity index (χ0n) is 8.42. The SMILES string of the molecule is O=C(c1ccc(O)cc1)c1ccc(S)cc1. The summed E-state index contributed by atoms with van der Waals surface area (Å²) in [6.45, 7) is 0. The van der Waals surface area contributed by atoms with Gasteiger partial charge in [0.1, 0.15) is 5.75 Å². The Morgan fingerprint density at radius 1 is 0.875 bits per heavy atom. The van der Waals surface area contributed by atoms with E-state index in [9.17, 15) is 4.79 Å². The fraction of sp³-hybridized carbons (Fsp3) is 0. The van der Waals surface area contributed by atoms with Gasteiger partial charge in [0.25, 0.3) is 0 Å². The average Bonchev–Trinajstić information content (AvgIpc) is 2.30. The van der Waals surface area contributed by atoms with Gasteiger partial charge in [-0.25, -0.2) is 0 Å². The first-order valence-electron chi connectivity index (χ1n) is 4.79. The highest BCUT2D eigenvalue weighted by Gasteiger charge is 2.08. The number of hydrogen-bond acceptors (Lipinski definition) is 3. The third-order valence-corrected chi connectivity index (χ3v) is 2.56. The van der Waals surface area contributed by atoms with Crippen LogP contribution in [0.4, 0.5) is 0 Å². The Hall–Kier alpha value is -1.74. The average molecular weight is 230 g/mol. The van der Waals surface area contributed by atoms with Crippen molar-refractivity contribution in [3.05, 3.63) is 59.7 Å². The van der Waals surface area contributed by atoms with Crippen LogP contribution in [0.3, 0.4) is 0 Å². The molecule has 0 aliphatic carbocycles. The Kier molecular flexibility index (Phi) is 2.97. The van der Waals surface area contributed by atoms with E-state index in [0.29, 0.717) is 11.1 Å². The standard InChI is InChI=1S/C13H10O2S/c14-11-5-1-9(2-6-11)13(15)10-3-7-12(16)8-4-10/h1-8,14,16H.